The Morgan fingerprint density at radius 1 is 0.865 bits per heavy atom. The van der Waals surface area contributed by atoms with Crippen molar-refractivity contribution in [3.05, 3.63) is 102 Å². The Balaban J connectivity index is 1.32. The Bertz CT molecular complexity index is 1450. The summed E-state index contributed by atoms with van der Waals surface area (Å²) in [6.45, 7) is 4.53. The number of ether oxygens (including phenoxy) is 1. The van der Waals surface area contributed by atoms with Crippen LogP contribution < -0.4 is 20.1 Å². The average Bonchev–Trinajstić information content (AvgIpc) is 3.37. The van der Waals surface area contributed by atoms with Gasteiger partial charge in [-0.25, -0.2) is 17.9 Å². The molecule has 4 rings (SSSR count). The van der Waals surface area contributed by atoms with Gasteiger partial charge >= 0.3 is 6.03 Å². The van der Waals surface area contributed by atoms with E-state index in [-0.39, 0.29) is 17.3 Å². The van der Waals surface area contributed by atoms with E-state index in [0.717, 1.165) is 27.1 Å². The SMILES string of the molecule is Cc1cc(C)cc(NC(=O)NCCNS(=O)(=O)c2ccc(-c3ccccc3OCc3ccccc3)s2)c1. The Hall–Kier alpha value is -3.66. The van der Waals surface area contributed by atoms with Gasteiger partial charge < -0.3 is 15.4 Å². The zero-order valence-electron chi connectivity index (χ0n) is 20.7. The summed E-state index contributed by atoms with van der Waals surface area (Å²) in [5, 5.41) is 5.43. The molecule has 9 heteroatoms. The Morgan fingerprint density at radius 3 is 2.32 bits per heavy atom. The van der Waals surface area contributed by atoms with E-state index >= 15 is 0 Å². The third-order valence-corrected chi connectivity index (χ3v) is 8.49. The van der Waals surface area contributed by atoms with Crippen LogP contribution in [-0.2, 0) is 16.6 Å². The number of nitrogens with one attached hydrogen (secondary N) is 3. The molecule has 37 heavy (non-hydrogen) atoms. The van der Waals surface area contributed by atoms with E-state index in [0.29, 0.717) is 18.0 Å². The molecule has 0 saturated heterocycles. The molecule has 0 aliphatic carbocycles. The molecule has 3 N–H and O–H groups in total. The van der Waals surface area contributed by atoms with Crippen molar-refractivity contribution in [1.29, 1.82) is 0 Å². The molecule has 3 aromatic carbocycles. The molecular weight excluding hydrogens is 506 g/mol. The highest BCUT2D eigenvalue weighted by atomic mass is 32.2. The van der Waals surface area contributed by atoms with E-state index in [4.69, 9.17) is 4.74 Å². The number of sulfonamides is 1. The van der Waals surface area contributed by atoms with Gasteiger partial charge in [0, 0.05) is 29.2 Å². The van der Waals surface area contributed by atoms with Crippen molar-refractivity contribution in [2.24, 2.45) is 0 Å². The molecule has 192 valence electrons. The lowest BCUT2D eigenvalue weighted by Crippen LogP contribution is -2.36. The zero-order chi connectivity index (χ0) is 26.3. The van der Waals surface area contributed by atoms with Gasteiger partial charge in [0.05, 0.1) is 0 Å². The topological polar surface area (TPSA) is 96.5 Å². The maximum absolute atomic E-state index is 12.8. The molecule has 0 aliphatic heterocycles. The first-order valence-electron chi connectivity index (χ1n) is 11.8. The molecular formula is C28H29N3O4S2. The van der Waals surface area contributed by atoms with E-state index < -0.39 is 16.1 Å². The molecule has 0 saturated carbocycles. The molecule has 0 radical (unpaired) electrons. The Kier molecular flexibility index (Phi) is 8.60. The number of benzene rings is 3. The number of aryl methyl sites for hydroxylation is 2. The fraction of sp³-hybridized carbons (Fsp3) is 0.179. The van der Waals surface area contributed by atoms with Crippen LogP contribution in [0.3, 0.4) is 0 Å². The van der Waals surface area contributed by atoms with Crippen LogP contribution in [0, 0.1) is 13.8 Å². The highest BCUT2D eigenvalue weighted by molar-refractivity contribution is 7.91. The van der Waals surface area contributed by atoms with Crippen LogP contribution in [0.5, 0.6) is 5.75 Å². The van der Waals surface area contributed by atoms with Crippen LogP contribution in [0.4, 0.5) is 10.5 Å². The van der Waals surface area contributed by atoms with Crippen molar-refractivity contribution in [2.75, 3.05) is 18.4 Å². The number of rotatable bonds is 10. The second kappa shape index (κ2) is 12.1. The second-order valence-corrected chi connectivity index (χ2v) is 11.6. The molecule has 0 aliphatic rings. The predicted octanol–water partition coefficient (Wildman–Crippen LogP) is 5.71. The summed E-state index contributed by atoms with van der Waals surface area (Å²) < 4.78 is 34.4. The first-order chi connectivity index (χ1) is 17.8. The normalized spacial score (nSPS) is 11.2. The summed E-state index contributed by atoms with van der Waals surface area (Å²) in [6.07, 6.45) is 0. The third kappa shape index (κ3) is 7.42. The lowest BCUT2D eigenvalue weighted by Gasteiger charge is -2.11. The number of anilines is 1. The minimum Gasteiger partial charge on any atom is -0.488 e. The van der Waals surface area contributed by atoms with Crippen LogP contribution in [0.15, 0.2) is 89.1 Å². The number of carbonyl (C=O) groups is 1. The van der Waals surface area contributed by atoms with Crippen molar-refractivity contribution in [1.82, 2.24) is 10.0 Å². The molecule has 4 aromatic rings. The van der Waals surface area contributed by atoms with Gasteiger partial charge in [-0.2, -0.15) is 0 Å². The number of hydrogen-bond acceptors (Lipinski definition) is 5. The van der Waals surface area contributed by atoms with E-state index in [1.54, 1.807) is 12.1 Å². The number of hydrogen-bond donors (Lipinski definition) is 3. The summed E-state index contributed by atoms with van der Waals surface area (Å²) in [5.41, 5.74) is 4.66. The zero-order valence-corrected chi connectivity index (χ0v) is 22.3. The van der Waals surface area contributed by atoms with Crippen molar-refractivity contribution in [3.8, 4) is 16.2 Å². The van der Waals surface area contributed by atoms with Gasteiger partial charge in [0.15, 0.2) is 0 Å². The van der Waals surface area contributed by atoms with Gasteiger partial charge in [-0.1, -0.05) is 48.5 Å². The monoisotopic (exact) mass is 535 g/mol. The average molecular weight is 536 g/mol. The molecule has 0 bridgehead atoms. The van der Waals surface area contributed by atoms with Crippen LogP contribution in [0.25, 0.3) is 10.4 Å². The van der Waals surface area contributed by atoms with E-state index in [1.165, 1.54) is 11.3 Å². The van der Waals surface area contributed by atoms with Gasteiger partial charge in [-0.3, -0.25) is 0 Å². The molecule has 1 heterocycles. The molecule has 2 amide bonds. The number of thiophene rings is 1. The summed E-state index contributed by atoms with van der Waals surface area (Å²) in [6, 6.07) is 26.1. The fourth-order valence-corrected chi connectivity index (χ4v) is 6.21. The van der Waals surface area contributed by atoms with E-state index in [2.05, 4.69) is 15.4 Å². The molecule has 0 atom stereocenters. The smallest absolute Gasteiger partial charge is 0.319 e. The van der Waals surface area contributed by atoms with Crippen LogP contribution in [0.2, 0.25) is 0 Å². The minimum atomic E-state index is -3.73. The van der Waals surface area contributed by atoms with Gasteiger partial charge in [0.2, 0.25) is 10.0 Å². The molecule has 0 spiro atoms. The quantitative estimate of drug-likeness (QED) is 0.227. The maximum Gasteiger partial charge on any atom is 0.319 e. The second-order valence-electron chi connectivity index (χ2n) is 8.54. The molecule has 0 fully saturated rings. The number of para-hydroxylation sites is 1. The van der Waals surface area contributed by atoms with Crippen LogP contribution in [-0.4, -0.2) is 27.5 Å². The van der Waals surface area contributed by atoms with Gasteiger partial charge in [-0.05, 0) is 66.9 Å². The van der Waals surface area contributed by atoms with Gasteiger partial charge in [0.1, 0.15) is 16.6 Å². The lowest BCUT2D eigenvalue weighted by atomic mass is 10.1. The summed E-state index contributed by atoms with van der Waals surface area (Å²) in [7, 11) is -3.73. The number of urea groups is 1. The minimum absolute atomic E-state index is 0.0621. The standard InChI is InChI=1S/C28H29N3O4S2/c1-20-16-21(2)18-23(17-20)31-28(32)29-14-15-30-37(33,34)27-13-12-26(36-27)24-10-6-7-11-25(24)35-19-22-8-4-3-5-9-22/h3-13,16-18,30H,14-15,19H2,1-2H3,(H2,29,31,32). The highest BCUT2D eigenvalue weighted by Gasteiger charge is 2.18. The summed E-state index contributed by atoms with van der Waals surface area (Å²) >= 11 is 1.17. The van der Waals surface area contributed by atoms with Gasteiger partial charge in [0.25, 0.3) is 0 Å². The van der Waals surface area contributed by atoms with Crippen molar-refractivity contribution >= 4 is 33.1 Å². The Labute approximate surface area is 221 Å². The van der Waals surface area contributed by atoms with E-state index in [1.807, 2.05) is 86.6 Å². The third-order valence-electron chi connectivity index (χ3n) is 5.42. The predicted molar refractivity (Wildman–Crippen MR) is 149 cm³/mol. The van der Waals surface area contributed by atoms with E-state index in [9.17, 15) is 13.2 Å². The van der Waals surface area contributed by atoms with Gasteiger partial charge in [-0.15, -0.1) is 11.3 Å². The highest BCUT2D eigenvalue weighted by Crippen LogP contribution is 2.36. The molecule has 0 unspecified atom stereocenters. The number of amides is 2. The van der Waals surface area contributed by atoms with Crippen LogP contribution in [0.1, 0.15) is 16.7 Å². The summed E-state index contributed by atoms with van der Waals surface area (Å²) in [4.78, 5) is 12.9. The molecule has 1 aromatic heterocycles. The van der Waals surface area contributed by atoms with Crippen molar-refractivity contribution in [3.63, 3.8) is 0 Å². The Morgan fingerprint density at radius 2 is 1.57 bits per heavy atom. The van der Waals surface area contributed by atoms with Crippen molar-refractivity contribution < 1.29 is 17.9 Å². The maximum atomic E-state index is 12.8. The van der Waals surface area contributed by atoms with Crippen molar-refractivity contribution in [2.45, 2.75) is 24.7 Å². The van der Waals surface area contributed by atoms with Crippen LogP contribution >= 0.6 is 11.3 Å². The fourth-order valence-electron chi connectivity index (χ4n) is 3.80. The number of carbonyl (C=O) groups excluding carboxylic acids is 1. The first-order valence-corrected chi connectivity index (χ1v) is 14.1. The summed E-state index contributed by atoms with van der Waals surface area (Å²) in [5.74, 6) is 0.684. The largest absolute Gasteiger partial charge is 0.488 e. The lowest BCUT2D eigenvalue weighted by molar-refractivity contribution is 0.252. The molecule has 7 nitrogen and oxygen atoms in total. The first kappa shape index (κ1) is 26.4.